The van der Waals surface area contributed by atoms with Crippen LogP contribution in [0.1, 0.15) is 38.3 Å². The fraction of sp³-hybridized carbons (Fsp3) is 0.545. The van der Waals surface area contributed by atoms with Crippen molar-refractivity contribution in [3.05, 3.63) is 23.3 Å². The molecule has 2 aliphatic heterocycles. The molecule has 3 heterocycles. The number of fused-ring (bicyclic) bond motifs is 3. The van der Waals surface area contributed by atoms with E-state index < -0.39 is 41.3 Å². The van der Waals surface area contributed by atoms with Gasteiger partial charge in [0.2, 0.25) is 11.9 Å². The van der Waals surface area contributed by atoms with Gasteiger partial charge in [0.15, 0.2) is 0 Å². The van der Waals surface area contributed by atoms with Crippen LogP contribution in [-0.4, -0.2) is 57.2 Å². The Kier molecular flexibility index (Phi) is 5.33. The van der Waals surface area contributed by atoms with Crippen LogP contribution in [0.3, 0.4) is 0 Å². The van der Waals surface area contributed by atoms with Gasteiger partial charge < -0.3 is 15.0 Å². The second-order valence-corrected chi connectivity index (χ2v) is 9.76. The van der Waals surface area contributed by atoms with Crippen molar-refractivity contribution in [2.45, 2.75) is 58.5 Å². The van der Waals surface area contributed by atoms with E-state index in [2.05, 4.69) is 10.3 Å². The molecule has 1 aromatic carbocycles. The fourth-order valence-electron chi connectivity index (χ4n) is 4.24. The molecule has 4 rings (SSSR count). The van der Waals surface area contributed by atoms with E-state index in [0.29, 0.717) is 10.1 Å². The Morgan fingerprint density at radius 2 is 1.85 bits per heavy atom. The van der Waals surface area contributed by atoms with E-state index in [4.69, 9.17) is 4.74 Å². The lowest BCUT2D eigenvalue weighted by Gasteiger charge is -2.33. The lowest BCUT2D eigenvalue weighted by molar-refractivity contribution is -0.218. The molecule has 2 aromatic rings. The van der Waals surface area contributed by atoms with Crippen molar-refractivity contribution >= 4 is 34.9 Å². The smallest absolute Gasteiger partial charge is 0.440 e. The number of nitrogens with zero attached hydrogens (tertiary/aromatic N) is 3. The van der Waals surface area contributed by atoms with Gasteiger partial charge in [0.1, 0.15) is 5.60 Å². The maximum Gasteiger partial charge on any atom is 0.440 e. The van der Waals surface area contributed by atoms with Crippen LogP contribution in [0.15, 0.2) is 12.1 Å². The van der Waals surface area contributed by atoms with Gasteiger partial charge in [-0.2, -0.15) is 13.2 Å². The highest BCUT2D eigenvalue weighted by molar-refractivity contribution is 6.05. The molecule has 0 bridgehead atoms. The summed E-state index contributed by atoms with van der Waals surface area (Å²) >= 11 is 0. The van der Waals surface area contributed by atoms with Gasteiger partial charge in [0.05, 0.1) is 17.0 Å². The predicted molar refractivity (Wildman–Crippen MR) is 116 cm³/mol. The van der Waals surface area contributed by atoms with E-state index in [1.165, 1.54) is 11.0 Å². The number of carbonyl (C=O) groups is 3. The minimum Gasteiger partial charge on any atom is -0.444 e. The van der Waals surface area contributed by atoms with Crippen molar-refractivity contribution in [1.82, 2.24) is 19.8 Å². The number of benzene rings is 1. The highest BCUT2D eigenvalue weighted by Crippen LogP contribution is 2.44. The Labute approximate surface area is 193 Å². The summed E-state index contributed by atoms with van der Waals surface area (Å²) in [4.78, 5) is 43.5. The molecule has 1 aromatic heterocycles. The number of hydrogen-bond donors (Lipinski definition) is 2. The SMILES string of the molecule is Cc1cc2nc3n(c2cc1C)C(NC(=O)C1CCN(C(=O)OC(C)(C)C)C1)(C(F)(F)F)C(=O)N3. The van der Waals surface area contributed by atoms with Crippen LogP contribution in [0.2, 0.25) is 0 Å². The molecule has 2 unspecified atom stereocenters. The van der Waals surface area contributed by atoms with Gasteiger partial charge in [0.25, 0.3) is 11.6 Å². The molecule has 34 heavy (non-hydrogen) atoms. The lowest BCUT2D eigenvalue weighted by Crippen LogP contribution is -2.64. The summed E-state index contributed by atoms with van der Waals surface area (Å²) in [5.74, 6) is -3.68. The highest BCUT2D eigenvalue weighted by atomic mass is 19.4. The van der Waals surface area contributed by atoms with Crippen molar-refractivity contribution in [3.8, 4) is 0 Å². The van der Waals surface area contributed by atoms with Gasteiger partial charge in [-0.25, -0.2) is 9.78 Å². The second kappa shape index (κ2) is 7.60. The van der Waals surface area contributed by atoms with Crippen LogP contribution in [0.4, 0.5) is 23.9 Å². The second-order valence-electron chi connectivity index (χ2n) is 9.76. The maximum absolute atomic E-state index is 14.6. The Morgan fingerprint density at radius 1 is 1.21 bits per heavy atom. The number of imidazole rings is 1. The van der Waals surface area contributed by atoms with Crippen LogP contribution in [0.5, 0.6) is 0 Å². The number of nitrogens with one attached hydrogen (secondary N) is 2. The first-order valence-electron chi connectivity index (χ1n) is 10.8. The molecule has 3 amide bonds. The zero-order valence-electron chi connectivity index (χ0n) is 19.5. The van der Waals surface area contributed by atoms with Gasteiger partial charge in [-0.15, -0.1) is 0 Å². The summed E-state index contributed by atoms with van der Waals surface area (Å²) in [5, 5.41) is 4.13. The predicted octanol–water partition coefficient (Wildman–Crippen LogP) is 3.19. The number of halogens is 3. The average Bonchev–Trinajstić information content (AvgIpc) is 3.36. The lowest BCUT2D eigenvalue weighted by atomic mass is 10.0. The zero-order chi connectivity index (χ0) is 25.2. The maximum atomic E-state index is 14.6. The van der Waals surface area contributed by atoms with Crippen LogP contribution in [0, 0.1) is 19.8 Å². The number of aromatic nitrogens is 2. The highest BCUT2D eigenvalue weighted by Gasteiger charge is 2.68. The first-order valence-corrected chi connectivity index (χ1v) is 10.8. The number of likely N-dealkylation sites (tertiary alicyclic amines) is 1. The van der Waals surface area contributed by atoms with Crippen LogP contribution < -0.4 is 10.6 Å². The molecule has 9 nitrogen and oxygen atoms in total. The van der Waals surface area contributed by atoms with E-state index in [1.807, 2.05) is 5.32 Å². The van der Waals surface area contributed by atoms with Crippen molar-refractivity contribution in [1.29, 1.82) is 0 Å². The Morgan fingerprint density at radius 3 is 2.47 bits per heavy atom. The van der Waals surface area contributed by atoms with E-state index in [9.17, 15) is 27.6 Å². The molecule has 184 valence electrons. The summed E-state index contributed by atoms with van der Waals surface area (Å²) in [6.45, 7) is 8.62. The average molecular weight is 481 g/mol. The number of alkyl halides is 3. The molecule has 0 spiro atoms. The number of ether oxygens (including phenoxy) is 1. The topological polar surface area (TPSA) is 106 Å². The molecule has 1 saturated heterocycles. The fourth-order valence-corrected chi connectivity index (χ4v) is 4.24. The largest absolute Gasteiger partial charge is 0.444 e. The standard InChI is InChI=1S/C22H26F3N5O4/c1-11-8-14-15(9-12(11)2)30-18(26-14)27-17(32)21(30,22(23,24)25)28-16(31)13-6-7-29(10-13)19(33)34-20(3,4)5/h8-9,13H,6-7,10H2,1-5H3,(H,28,31)(H,26,27,32). The number of aryl methyl sites for hydroxylation is 2. The van der Waals surface area contributed by atoms with Crippen LogP contribution in [-0.2, 0) is 20.0 Å². The van der Waals surface area contributed by atoms with Gasteiger partial charge >= 0.3 is 12.3 Å². The molecular formula is C22H26F3N5O4. The van der Waals surface area contributed by atoms with Gasteiger partial charge in [-0.3, -0.25) is 19.5 Å². The minimum atomic E-state index is -5.17. The third-order valence-corrected chi connectivity index (χ3v) is 6.08. The number of carbonyl (C=O) groups excluding carboxylic acids is 3. The van der Waals surface area contributed by atoms with Crippen molar-refractivity contribution < 1.29 is 32.3 Å². The molecule has 0 aliphatic carbocycles. The Balaban J connectivity index is 1.67. The van der Waals surface area contributed by atoms with E-state index in [-0.39, 0.29) is 36.5 Å². The Bertz CT molecular complexity index is 1200. The number of anilines is 1. The number of amides is 3. The molecule has 2 N–H and O–H groups in total. The van der Waals surface area contributed by atoms with Crippen LogP contribution >= 0.6 is 0 Å². The third kappa shape index (κ3) is 3.74. The number of rotatable bonds is 2. The van der Waals surface area contributed by atoms with E-state index >= 15 is 0 Å². The summed E-state index contributed by atoms with van der Waals surface area (Å²) in [5.41, 5.74) is -2.26. The van der Waals surface area contributed by atoms with Gasteiger partial charge in [-0.05, 0) is 64.3 Å². The molecule has 0 radical (unpaired) electrons. The first kappa shape index (κ1) is 23.8. The summed E-state index contributed by atoms with van der Waals surface area (Å²) in [6, 6.07) is 3.13. The van der Waals surface area contributed by atoms with Gasteiger partial charge in [-0.1, -0.05) is 0 Å². The van der Waals surface area contributed by atoms with Crippen molar-refractivity contribution in [3.63, 3.8) is 0 Å². The quantitative estimate of drug-likeness (QED) is 0.686. The molecule has 12 heteroatoms. The summed E-state index contributed by atoms with van der Waals surface area (Å²) in [6.07, 6.45) is -5.69. The van der Waals surface area contributed by atoms with Crippen molar-refractivity contribution in [2.75, 3.05) is 18.4 Å². The molecule has 1 fully saturated rings. The monoisotopic (exact) mass is 481 g/mol. The third-order valence-electron chi connectivity index (χ3n) is 6.08. The van der Waals surface area contributed by atoms with Crippen LogP contribution in [0.25, 0.3) is 11.0 Å². The minimum absolute atomic E-state index is 0.0656. The Hall–Kier alpha value is -3.31. The summed E-state index contributed by atoms with van der Waals surface area (Å²) < 4.78 is 49.7. The van der Waals surface area contributed by atoms with E-state index in [1.54, 1.807) is 40.7 Å². The summed E-state index contributed by atoms with van der Waals surface area (Å²) in [7, 11) is 0. The van der Waals surface area contributed by atoms with Crippen molar-refractivity contribution in [2.24, 2.45) is 5.92 Å². The molecular weight excluding hydrogens is 455 g/mol. The molecule has 2 atom stereocenters. The molecule has 2 aliphatic rings. The normalized spacial score (nSPS) is 22.6. The molecule has 0 saturated carbocycles. The zero-order valence-corrected chi connectivity index (χ0v) is 19.5. The van der Waals surface area contributed by atoms with E-state index in [0.717, 1.165) is 5.56 Å². The number of hydrogen-bond acceptors (Lipinski definition) is 5. The first-order chi connectivity index (χ1) is 15.6. The van der Waals surface area contributed by atoms with Gasteiger partial charge in [0, 0.05) is 13.1 Å².